The lowest BCUT2D eigenvalue weighted by Crippen LogP contribution is -2.44. The van der Waals surface area contributed by atoms with Crippen molar-refractivity contribution in [3.05, 3.63) is 82.9 Å². The third kappa shape index (κ3) is 10.5. The van der Waals surface area contributed by atoms with Crippen molar-refractivity contribution < 1.29 is 23.9 Å². The second-order valence-electron chi connectivity index (χ2n) is 14.4. The smallest absolute Gasteiger partial charge is 0.407 e. The van der Waals surface area contributed by atoms with Crippen LogP contribution in [0.2, 0.25) is 0 Å². The molecule has 4 N–H and O–H groups in total. The van der Waals surface area contributed by atoms with Gasteiger partial charge in [-0.2, -0.15) is 5.21 Å². The average molecular weight is 696 g/mol. The zero-order valence-corrected chi connectivity index (χ0v) is 30.3. The first-order valence-corrected chi connectivity index (χ1v) is 17.5. The van der Waals surface area contributed by atoms with Gasteiger partial charge in [0.15, 0.2) is 0 Å². The number of H-pyrrole nitrogens is 1. The predicted molar refractivity (Wildman–Crippen MR) is 196 cm³/mol. The molecule has 0 radical (unpaired) electrons. The summed E-state index contributed by atoms with van der Waals surface area (Å²) in [6.07, 6.45) is 4.14. The van der Waals surface area contributed by atoms with Gasteiger partial charge in [-0.25, -0.2) is 9.59 Å². The molecule has 1 fully saturated rings. The van der Waals surface area contributed by atoms with Crippen molar-refractivity contribution in [1.82, 2.24) is 31.3 Å². The van der Waals surface area contributed by atoms with E-state index in [9.17, 15) is 14.4 Å². The van der Waals surface area contributed by atoms with E-state index in [4.69, 9.17) is 9.47 Å². The molecule has 1 heterocycles. The number of hydrogen-bond acceptors (Lipinski definition) is 9. The van der Waals surface area contributed by atoms with E-state index in [1.807, 2.05) is 95.3 Å². The number of benzene rings is 3. The van der Waals surface area contributed by atoms with E-state index in [2.05, 4.69) is 36.6 Å². The minimum atomic E-state index is -0.521. The second kappa shape index (κ2) is 16.7. The molecule has 5 rings (SSSR count). The number of aromatic nitrogens is 4. The molecule has 3 aromatic carbocycles. The molecule has 0 aliphatic heterocycles. The van der Waals surface area contributed by atoms with Gasteiger partial charge in [0, 0.05) is 17.8 Å². The van der Waals surface area contributed by atoms with E-state index >= 15 is 0 Å². The second-order valence-corrected chi connectivity index (χ2v) is 14.4. The van der Waals surface area contributed by atoms with Crippen molar-refractivity contribution in [2.75, 3.05) is 25.5 Å². The number of carbonyl (C=O) groups is 3. The van der Waals surface area contributed by atoms with E-state index in [1.54, 1.807) is 0 Å². The van der Waals surface area contributed by atoms with E-state index in [1.165, 1.54) is 7.11 Å². The summed E-state index contributed by atoms with van der Waals surface area (Å²) in [6, 6.07) is 18.9. The molecule has 0 spiro atoms. The maximum Gasteiger partial charge on any atom is 0.407 e. The number of nitrogens with one attached hydrogen (secondary N) is 4. The first-order chi connectivity index (χ1) is 24.4. The van der Waals surface area contributed by atoms with E-state index in [0.29, 0.717) is 48.4 Å². The lowest BCUT2D eigenvalue weighted by molar-refractivity contribution is -0.118. The Morgan fingerprint density at radius 3 is 2.14 bits per heavy atom. The van der Waals surface area contributed by atoms with Gasteiger partial charge in [-0.15, -0.1) is 10.2 Å². The van der Waals surface area contributed by atoms with Crippen molar-refractivity contribution in [3.8, 4) is 22.5 Å². The highest BCUT2D eigenvalue weighted by molar-refractivity contribution is 5.95. The predicted octanol–water partition coefficient (Wildman–Crippen LogP) is 6.41. The Morgan fingerprint density at radius 2 is 1.53 bits per heavy atom. The van der Waals surface area contributed by atoms with Crippen LogP contribution >= 0.6 is 0 Å². The summed E-state index contributed by atoms with van der Waals surface area (Å²) in [5.41, 5.74) is 6.36. The summed E-state index contributed by atoms with van der Waals surface area (Å²) in [7, 11) is 1.39. The Labute approximate surface area is 299 Å². The molecule has 1 aliphatic carbocycles. The fourth-order valence-corrected chi connectivity index (χ4v) is 6.51. The fourth-order valence-electron chi connectivity index (χ4n) is 6.51. The monoisotopic (exact) mass is 695 g/mol. The molecule has 1 atom stereocenters. The molecule has 1 aromatic heterocycles. The quantitative estimate of drug-likeness (QED) is 0.123. The number of anilines is 1. The number of aryl methyl sites for hydroxylation is 2. The van der Waals surface area contributed by atoms with E-state index < -0.39 is 11.6 Å². The SMILES string of the molecule is COC(=O)c1cc(-c2ccc(CC(NCC3CCC(CNC(=O)OC(C)(C)C)CC3)C(=O)Nc3ccc(-c4nn[nH]n4)cc3)cc2)c(C)cc1C. The van der Waals surface area contributed by atoms with Gasteiger partial charge in [0.05, 0.1) is 18.7 Å². The van der Waals surface area contributed by atoms with Crippen LogP contribution in [-0.4, -0.2) is 70.4 Å². The van der Waals surface area contributed by atoms with Crippen LogP contribution < -0.4 is 16.0 Å². The number of alkyl carbamates (subject to hydrolysis) is 1. The largest absolute Gasteiger partial charge is 0.465 e. The number of rotatable bonds is 12. The Kier molecular flexibility index (Phi) is 12.2. The third-order valence-corrected chi connectivity index (χ3v) is 9.31. The molecular weight excluding hydrogens is 646 g/mol. The molecule has 1 saturated carbocycles. The number of carbonyl (C=O) groups excluding carboxylic acids is 3. The highest BCUT2D eigenvalue weighted by atomic mass is 16.6. The Hall–Kier alpha value is -5.10. The first-order valence-electron chi connectivity index (χ1n) is 17.5. The van der Waals surface area contributed by atoms with Crippen LogP contribution in [0.25, 0.3) is 22.5 Å². The van der Waals surface area contributed by atoms with E-state index in [-0.39, 0.29) is 18.0 Å². The number of tetrazole rings is 1. The molecule has 2 amide bonds. The van der Waals surface area contributed by atoms with Crippen molar-refractivity contribution in [3.63, 3.8) is 0 Å². The summed E-state index contributed by atoms with van der Waals surface area (Å²) in [6.45, 7) is 10.8. The topological polar surface area (TPSA) is 160 Å². The highest BCUT2D eigenvalue weighted by Gasteiger charge is 2.26. The zero-order valence-electron chi connectivity index (χ0n) is 30.3. The lowest BCUT2D eigenvalue weighted by Gasteiger charge is -2.30. The molecule has 12 nitrogen and oxygen atoms in total. The summed E-state index contributed by atoms with van der Waals surface area (Å²) >= 11 is 0. The highest BCUT2D eigenvalue weighted by Crippen LogP contribution is 2.30. The van der Waals surface area contributed by atoms with Crippen molar-refractivity contribution in [2.45, 2.75) is 78.4 Å². The van der Waals surface area contributed by atoms with E-state index in [0.717, 1.165) is 59.1 Å². The molecule has 12 heteroatoms. The normalized spacial score (nSPS) is 16.6. The lowest BCUT2D eigenvalue weighted by atomic mass is 9.82. The molecule has 4 aromatic rings. The van der Waals surface area contributed by atoms with Gasteiger partial charge in [-0.05, 0) is 148 Å². The minimum absolute atomic E-state index is 0.126. The maximum absolute atomic E-state index is 13.8. The summed E-state index contributed by atoms with van der Waals surface area (Å²) in [5.74, 6) is 0.818. The van der Waals surface area contributed by atoms with Gasteiger partial charge in [0.2, 0.25) is 11.7 Å². The first kappa shape index (κ1) is 37.2. The number of aromatic amines is 1. The van der Waals surface area contributed by atoms with Crippen molar-refractivity contribution in [1.29, 1.82) is 0 Å². The van der Waals surface area contributed by atoms with Crippen molar-refractivity contribution >= 4 is 23.7 Å². The van der Waals surface area contributed by atoms with Crippen molar-refractivity contribution in [2.24, 2.45) is 11.8 Å². The number of hydrogen-bond donors (Lipinski definition) is 4. The Bertz CT molecular complexity index is 1780. The number of esters is 1. The van der Waals surface area contributed by atoms with Gasteiger partial charge in [-0.1, -0.05) is 30.3 Å². The summed E-state index contributed by atoms with van der Waals surface area (Å²) in [4.78, 5) is 38.3. The van der Waals surface area contributed by atoms with Crippen LogP contribution in [0.3, 0.4) is 0 Å². The molecule has 1 unspecified atom stereocenters. The van der Waals surface area contributed by atoms with Gasteiger partial charge >= 0.3 is 12.1 Å². The third-order valence-electron chi connectivity index (χ3n) is 9.31. The average Bonchev–Trinajstić information content (AvgIpc) is 3.65. The van der Waals surface area contributed by atoms with Crippen LogP contribution in [0.4, 0.5) is 10.5 Å². The summed E-state index contributed by atoms with van der Waals surface area (Å²) < 4.78 is 10.4. The standard InChI is InChI=1S/C39H49N7O5/c1-24-19-25(2)33(37(48)50-6)21-32(24)29-13-11-26(12-14-29)20-34(36(47)42-31-17-15-30(16-18-31)35-43-45-46-44-35)40-22-27-7-9-28(10-8-27)23-41-38(49)51-39(3,4)5/h11-19,21,27-28,34,40H,7-10,20,22-23H2,1-6H3,(H,41,49)(H,42,47)(H,43,44,45,46). The molecule has 51 heavy (non-hydrogen) atoms. The van der Waals surface area contributed by atoms with Crippen LogP contribution in [0.5, 0.6) is 0 Å². The summed E-state index contributed by atoms with van der Waals surface area (Å²) in [5, 5.41) is 23.7. The molecule has 1 aliphatic rings. The number of ether oxygens (including phenoxy) is 2. The zero-order chi connectivity index (χ0) is 36.5. The molecule has 0 bridgehead atoms. The minimum Gasteiger partial charge on any atom is -0.465 e. The van der Waals surface area contributed by atoms with Crippen LogP contribution in [0.15, 0.2) is 60.7 Å². The maximum atomic E-state index is 13.8. The van der Waals surface area contributed by atoms with Crippen LogP contribution in [-0.2, 0) is 20.7 Å². The molecule has 0 saturated heterocycles. The number of amides is 2. The Balaban J connectivity index is 1.24. The number of methoxy groups -OCH3 is 1. The van der Waals surface area contributed by atoms with Gasteiger partial charge in [0.25, 0.3) is 0 Å². The fraction of sp³-hybridized carbons (Fsp3) is 0.436. The number of nitrogens with zero attached hydrogens (tertiary/aromatic N) is 3. The van der Waals surface area contributed by atoms with Gasteiger partial charge in [-0.3, -0.25) is 4.79 Å². The Morgan fingerprint density at radius 1 is 0.882 bits per heavy atom. The van der Waals surface area contributed by atoms with Crippen LogP contribution in [0, 0.1) is 25.7 Å². The van der Waals surface area contributed by atoms with Gasteiger partial charge in [0.1, 0.15) is 5.60 Å². The van der Waals surface area contributed by atoms with Gasteiger partial charge < -0.3 is 25.4 Å². The molecule has 270 valence electrons. The molecular formula is C39H49N7O5. The van der Waals surface area contributed by atoms with Crippen LogP contribution in [0.1, 0.15) is 73.5 Å².